The molecule has 0 aliphatic carbocycles. The van der Waals surface area contributed by atoms with Gasteiger partial charge in [0.25, 0.3) is 0 Å². The number of allylic oxidation sites excluding steroid dienone is 4. The third-order valence-corrected chi connectivity index (χ3v) is 3.17. The van der Waals surface area contributed by atoms with E-state index < -0.39 is 5.66 Å². The van der Waals surface area contributed by atoms with Crippen LogP contribution in [0.1, 0.15) is 0 Å². The van der Waals surface area contributed by atoms with Gasteiger partial charge in [-0.05, 0) is 18.2 Å². The van der Waals surface area contributed by atoms with Crippen LogP contribution >= 0.6 is 0 Å². The fraction of sp³-hybridized carbons (Fsp3) is 0.143. The SMILES string of the molecule is C=CC1N2C=CC=CC2=C(C=C(C#N)C#N)C1(N)N. The topological polar surface area (TPSA) is 103 Å². The highest BCUT2D eigenvalue weighted by Gasteiger charge is 2.44. The molecule has 19 heavy (non-hydrogen) atoms. The predicted molar refractivity (Wildman–Crippen MR) is 71.5 cm³/mol. The van der Waals surface area contributed by atoms with E-state index in [0.717, 1.165) is 5.70 Å². The smallest absolute Gasteiger partial charge is 0.130 e. The van der Waals surface area contributed by atoms with Crippen LogP contribution in [0.3, 0.4) is 0 Å². The van der Waals surface area contributed by atoms with Crippen LogP contribution < -0.4 is 11.5 Å². The first-order chi connectivity index (χ1) is 9.06. The van der Waals surface area contributed by atoms with E-state index >= 15 is 0 Å². The molecule has 0 radical (unpaired) electrons. The minimum absolute atomic E-state index is 0.0320. The molecule has 5 nitrogen and oxygen atoms in total. The molecule has 0 fully saturated rings. The summed E-state index contributed by atoms with van der Waals surface area (Å²) in [5.41, 5.74) is 12.4. The standard InChI is InChI=1S/C14H13N5/c1-2-13-14(17,18)11(7-10(8-15)9-16)12-5-3-4-6-19(12)13/h2-7,13H,1,17-18H2. The molecule has 0 aromatic heterocycles. The number of hydrogen-bond acceptors (Lipinski definition) is 5. The van der Waals surface area contributed by atoms with Gasteiger partial charge in [0.15, 0.2) is 0 Å². The zero-order chi connectivity index (χ0) is 14.0. The molecule has 0 saturated heterocycles. The van der Waals surface area contributed by atoms with Crippen LogP contribution in [-0.4, -0.2) is 16.6 Å². The van der Waals surface area contributed by atoms with E-state index in [0.29, 0.717) is 5.57 Å². The monoisotopic (exact) mass is 251 g/mol. The average Bonchev–Trinajstić information content (AvgIpc) is 2.62. The molecular formula is C14H13N5. The van der Waals surface area contributed by atoms with Crippen LogP contribution in [0.25, 0.3) is 0 Å². The molecule has 2 aliphatic heterocycles. The first kappa shape index (κ1) is 12.8. The van der Waals surface area contributed by atoms with Crippen LogP contribution in [0, 0.1) is 22.7 Å². The number of rotatable bonds is 2. The van der Waals surface area contributed by atoms with Crippen molar-refractivity contribution in [2.75, 3.05) is 0 Å². The zero-order valence-electron chi connectivity index (χ0n) is 10.2. The fourth-order valence-electron chi connectivity index (χ4n) is 2.28. The molecule has 0 amide bonds. The molecule has 5 heteroatoms. The summed E-state index contributed by atoms with van der Waals surface area (Å²) in [7, 11) is 0. The van der Waals surface area contributed by atoms with Crippen LogP contribution in [0.5, 0.6) is 0 Å². The van der Waals surface area contributed by atoms with Gasteiger partial charge in [-0.3, -0.25) is 0 Å². The number of fused-ring (bicyclic) bond motifs is 1. The van der Waals surface area contributed by atoms with Gasteiger partial charge >= 0.3 is 0 Å². The third kappa shape index (κ3) is 1.88. The molecule has 2 heterocycles. The molecule has 4 N–H and O–H groups in total. The summed E-state index contributed by atoms with van der Waals surface area (Å²) in [4.78, 5) is 1.88. The Morgan fingerprint density at radius 3 is 2.63 bits per heavy atom. The molecule has 0 aromatic carbocycles. The lowest BCUT2D eigenvalue weighted by atomic mass is 9.94. The van der Waals surface area contributed by atoms with E-state index in [1.54, 1.807) is 6.08 Å². The van der Waals surface area contributed by atoms with Crippen molar-refractivity contribution in [2.24, 2.45) is 11.5 Å². The second kappa shape index (κ2) is 4.58. The summed E-state index contributed by atoms with van der Waals surface area (Å²) >= 11 is 0. The summed E-state index contributed by atoms with van der Waals surface area (Å²) < 4.78 is 0. The Hall–Kier alpha value is -2.60. The van der Waals surface area contributed by atoms with Crippen molar-refractivity contribution in [1.29, 1.82) is 10.5 Å². The first-order valence-corrected chi connectivity index (χ1v) is 5.66. The van der Waals surface area contributed by atoms with E-state index in [-0.39, 0.29) is 11.6 Å². The highest BCUT2D eigenvalue weighted by molar-refractivity contribution is 5.54. The highest BCUT2D eigenvalue weighted by atomic mass is 15.3. The van der Waals surface area contributed by atoms with Gasteiger partial charge in [0, 0.05) is 17.5 Å². The number of nitrogens with two attached hydrogens (primary N) is 2. The Kier molecular flexibility index (Phi) is 3.10. The summed E-state index contributed by atoms with van der Waals surface area (Å²) in [6, 6.07) is 3.30. The van der Waals surface area contributed by atoms with Gasteiger partial charge in [0.05, 0.1) is 6.04 Å². The zero-order valence-corrected chi connectivity index (χ0v) is 10.2. The maximum atomic E-state index is 8.86. The molecule has 0 spiro atoms. The molecule has 0 aromatic rings. The number of nitriles is 2. The summed E-state index contributed by atoms with van der Waals surface area (Å²) in [6.45, 7) is 3.75. The second-order valence-electron chi connectivity index (χ2n) is 4.30. The lowest BCUT2D eigenvalue weighted by Crippen LogP contribution is -2.59. The molecule has 94 valence electrons. The maximum Gasteiger partial charge on any atom is 0.130 e. The Morgan fingerprint density at radius 2 is 2.05 bits per heavy atom. The normalized spacial score (nSPS) is 22.5. The van der Waals surface area contributed by atoms with Gasteiger partial charge in [-0.1, -0.05) is 12.2 Å². The molecule has 1 unspecified atom stereocenters. The summed E-state index contributed by atoms with van der Waals surface area (Å²) in [6.07, 6.45) is 10.5. The van der Waals surface area contributed by atoms with Crippen molar-refractivity contribution in [3.8, 4) is 12.1 Å². The molecule has 0 saturated carbocycles. The van der Waals surface area contributed by atoms with Crippen molar-refractivity contribution in [2.45, 2.75) is 11.7 Å². The largest absolute Gasteiger partial charge is 0.337 e. The fourth-order valence-corrected chi connectivity index (χ4v) is 2.28. The predicted octanol–water partition coefficient (Wildman–Crippen LogP) is 0.781. The Labute approximate surface area is 111 Å². The van der Waals surface area contributed by atoms with Crippen LogP contribution in [-0.2, 0) is 0 Å². The highest BCUT2D eigenvalue weighted by Crippen LogP contribution is 2.37. The molecule has 2 rings (SSSR count). The first-order valence-electron chi connectivity index (χ1n) is 5.66. The third-order valence-electron chi connectivity index (χ3n) is 3.17. The summed E-state index contributed by atoms with van der Waals surface area (Å²) in [5.74, 6) is 0. The molecule has 1 atom stereocenters. The van der Waals surface area contributed by atoms with Crippen LogP contribution in [0.2, 0.25) is 0 Å². The van der Waals surface area contributed by atoms with Crippen molar-refractivity contribution >= 4 is 0 Å². The lowest BCUT2D eigenvalue weighted by Gasteiger charge is -2.31. The quantitative estimate of drug-likeness (QED) is 0.429. The van der Waals surface area contributed by atoms with Gasteiger partial charge in [0.2, 0.25) is 0 Å². The van der Waals surface area contributed by atoms with Crippen molar-refractivity contribution in [3.05, 3.63) is 60.0 Å². The van der Waals surface area contributed by atoms with Gasteiger partial charge in [-0.15, -0.1) is 6.58 Å². The van der Waals surface area contributed by atoms with E-state index in [1.807, 2.05) is 41.5 Å². The second-order valence-corrected chi connectivity index (χ2v) is 4.30. The van der Waals surface area contributed by atoms with Gasteiger partial charge < -0.3 is 16.4 Å². The van der Waals surface area contributed by atoms with Crippen molar-refractivity contribution < 1.29 is 0 Å². The molecule has 0 bridgehead atoms. The van der Waals surface area contributed by atoms with Crippen molar-refractivity contribution in [1.82, 2.24) is 4.90 Å². The Bertz CT molecular complexity index is 603. The van der Waals surface area contributed by atoms with Gasteiger partial charge in [-0.25, -0.2) is 0 Å². The Balaban J connectivity index is 2.62. The number of hydrogen-bond donors (Lipinski definition) is 2. The molecular weight excluding hydrogens is 238 g/mol. The minimum atomic E-state index is -1.20. The maximum absolute atomic E-state index is 8.86. The van der Waals surface area contributed by atoms with E-state index in [4.69, 9.17) is 22.0 Å². The Morgan fingerprint density at radius 1 is 1.37 bits per heavy atom. The average molecular weight is 251 g/mol. The summed E-state index contributed by atoms with van der Waals surface area (Å²) in [5, 5.41) is 17.7. The van der Waals surface area contributed by atoms with Crippen LogP contribution in [0.15, 0.2) is 60.0 Å². The van der Waals surface area contributed by atoms with Gasteiger partial charge in [0.1, 0.15) is 23.4 Å². The van der Waals surface area contributed by atoms with Gasteiger partial charge in [-0.2, -0.15) is 10.5 Å². The van der Waals surface area contributed by atoms with E-state index in [9.17, 15) is 0 Å². The van der Waals surface area contributed by atoms with Crippen molar-refractivity contribution in [3.63, 3.8) is 0 Å². The molecule has 2 aliphatic rings. The number of nitrogens with zero attached hydrogens (tertiary/aromatic N) is 3. The lowest BCUT2D eigenvalue weighted by molar-refractivity contribution is 0.337. The minimum Gasteiger partial charge on any atom is -0.337 e. The van der Waals surface area contributed by atoms with Crippen LogP contribution in [0.4, 0.5) is 0 Å². The van der Waals surface area contributed by atoms with E-state index in [2.05, 4.69) is 6.58 Å². The van der Waals surface area contributed by atoms with E-state index in [1.165, 1.54) is 6.08 Å².